The molecule has 3 aromatic rings. The second-order valence-electron chi connectivity index (χ2n) is 4.22. The molecule has 0 amide bonds. The Morgan fingerprint density at radius 3 is 2.81 bits per heavy atom. The van der Waals surface area contributed by atoms with Gasteiger partial charge in [0.25, 0.3) is 5.95 Å². The molecular formula is C13H10BrClN6. The number of hydrogen-bond donors (Lipinski definition) is 1. The normalized spacial score (nSPS) is 10.6. The maximum atomic E-state index is 5.95. The van der Waals surface area contributed by atoms with Crippen molar-refractivity contribution in [2.75, 3.05) is 5.32 Å². The fourth-order valence-electron chi connectivity index (χ4n) is 1.75. The maximum absolute atomic E-state index is 5.95. The summed E-state index contributed by atoms with van der Waals surface area (Å²) in [6.45, 7) is 1.99. The Morgan fingerprint density at radius 2 is 2.05 bits per heavy atom. The second-order valence-corrected chi connectivity index (χ2v) is 5.41. The van der Waals surface area contributed by atoms with E-state index in [-0.39, 0.29) is 5.28 Å². The number of hydrogen-bond acceptors (Lipinski definition) is 5. The third kappa shape index (κ3) is 3.03. The Balaban J connectivity index is 1.98. The fourth-order valence-corrected chi connectivity index (χ4v) is 2.27. The van der Waals surface area contributed by atoms with Gasteiger partial charge in [-0.05, 0) is 42.3 Å². The van der Waals surface area contributed by atoms with E-state index in [1.54, 1.807) is 18.5 Å². The van der Waals surface area contributed by atoms with E-state index < -0.39 is 0 Å². The van der Waals surface area contributed by atoms with Crippen LogP contribution >= 0.6 is 27.5 Å². The summed E-state index contributed by atoms with van der Waals surface area (Å²) < 4.78 is 2.52. The van der Waals surface area contributed by atoms with E-state index in [0.29, 0.717) is 11.9 Å². The van der Waals surface area contributed by atoms with Crippen molar-refractivity contribution in [3.8, 4) is 5.95 Å². The van der Waals surface area contributed by atoms with Crippen molar-refractivity contribution in [3.05, 3.63) is 52.0 Å². The minimum absolute atomic E-state index is 0.102. The molecule has 0 unspecified atom stereocenters. The smallest absolute Gasteiger partial charge is 0.256 e. The second kappa shape index (κ2) is 5.79. The van der Waals surface area contributed by atoms with Gasteiger partial charge < -0.3 is 5.32 Å². The molecule has 0 aliphatic carbocycles. The summed E-state index contributed by atoms with van der Waals surface area (Å²) >= 11 is 9.44. The van der Waals surface area contributed by atoms with Crippen molar-refractivity contribution in [1.29, 1.82) is 0 Å². The van der Waals surface area contributed by atoms with Crippen LogP contribution in [0.15, 0.2) is 41.1 Å². The van der Waals surface area contributed by atoms with E-state index >= 15 is 0 Å². The molecule has 3 rings (SSSR count). The summed E-state index contributed by atoms with van der Waals surface area (Å²) in [4.78, 5) is 12.4. The molecule has 0 saturated heterocycles. The highest BCUT2D eigenvalue weighted by atomic mass is 79.9. The minimum atomic E-state index is 0.102. The summed E-state index contributed by atoms with van der Waals surface area (Å²) in [5.41, 5.74) is 1.94. The maximum Gasteiger partial charge on any atom is 0.256 e. The van der Waals surface area contributed by atoms with Crippen molar-refractivity contribution in [3.63, 3.8) is 0 Å². The molecule has 0 aliphatic heterocycles. The zero-order valence-corrected chi connectivity index (χ0v) is 13.3. The van der Waals surface area contributed by atoms with E-state index in [2.05, 4.69) is 41.3 Å². The Kier molecular flexibility index (Phi) is 3.85. The third-order valence-corrected chi connectivity index (χ3v) is 3.85. The first-order valence-corrected chi connectivity index (χ1v) is 7.24. The first kappa shape index (κ1) is 14.0. The van der Waals surface area contributed by atoms with E-state index in [1.807, 2.05) is 25.1 Å². The molecule has 21 heavy (non-hydrogen) atoms. The summed E-state index contributed by atoms with van der Waals surface area (Å²) in [5, 5.41) is 7.32. The first-order valence-electron chi connectivity index (χ1n) is 6.07. The van der Waals surface area contributed by atoms with E-state index in [9.17, 15) is 0 Å². The van der Waals surface area contributed by atoms with Gasteiger partial charge in [0, 0.05) is 22.6 Å². The fraction of sp³-hybridized carbons (Fsp3) is 0.0769. The molecule has 2 aromatic heterocycles. The van der Waals surface area contributed by atoms with Crippen molar-refractivity contribution < 1.29 is 0 Å². The Hall–Kier alpha value is -1.99. The number of benzene rings is 1. The van der Waals surface area contributed by atoms with Gasteiger partial charge >= 0.3 is 0 Å². The highest BCUT2D eigenvalue weighted by Crippen LogP contribution is 2.25. The largest absolute Gasteiger partial charge is 0.324 e. The minimum Gasteiger partial charge on any atom is -0.324 e. The number of rotatable bonds is 3. The topological polar surface area (TPSA) is 68.5 Å². The first-order chi connectivity index (χ1) is 10.1. The molecule has 1 N–H and O–H groups in total. The number of nitrogens with zero attached hydrogens (tertiary/aromatic N) is 5. The van der Waals surface area contributed by atoms with Crippen LogP contribution in [0.2, 0.25) is 5.28 Å². The van der Waals surface area contributed by atoms with Crippen molar-refractivity contribution in [2.24, 2.45) is 0 Å². The van der Waals surface area contributed by atoms with Crippen LogP contribution in [0, 0.1) is 6.92 Å². The monoisotopic (exact) mass is 364 g/mol. The number of aromatic nitrogens is 5. The molecule has 106 valence electrons. The van der Waals surface area contributed by atoms with Gasteiger partial charge in [0.05, 0.1) is 0 Å². The van der Waals surface area contributed by atoms with Crippen molar-refractivity contribution in [2.45, 2.75) is 6.92 Å². The van der Waals surface area contributed by atoms with Gasteiger partial charge in [-0.1, -0.05) is 22.0 Å². The van der Waals surface area contributed by atoms with Gasteiger partial charge in [0.2, 0.25) is 11.2 Å². The van der Waals surface area contributed by atoms with Crippen LogP contribution in [0.5, 0.6) is 0 Å². The van der Waals surface area contributed by atoms with Crippen LogP contribution in [0.4, 0.5) is 11.6 Å². The highest BCUT2D eigenvalue weighted by Gasteiger charge is 2.09. The lowest BCUT2D eigenvalue weighted by molar-refractivity contribution is 0.798. The summed E-state index contributed by atoms with van der Waals surface area (Å²) in [7, 11) is 0. The number of halogens is 2. The predicted molar refractivity (Wildman–Crippen MR) is 84.1 cm³/mol. The Labute approximate surface area is 134 Å². The third-order valence-electron chi connectivity index (χ3n) is 2.82. The van der Waals surface area contributed by atoms with Gasteiger partial charge in [-0.25, -0.2) is 4.68 Å². The van der Waals surface area contributed by atoms with Crippen LogP contribution in [0.1, 0.15) is 5.56 Å². The average molecular weight is 366 g/mol. The zero-order chi connectivity index (χ0) is 14.8. The lowest BCUT2D eigenvalue weighted by Gasteiger charge is -2.10. The van der Waals surface area contributed by atoms with Gasteiger partial charge in [-0.2, -0.15) is 20.1 Å². The molecule has 2 heterocycles. The number of nitrogens with one attached hydrogen (secondary N) is 1. The molecule has 0 radical (unpaired) electrons. The van der Waals surface area contributed by atoms with Gasteiger partial charge in [-0.15, -0.1) is 0 Å². The zero-order valence-electron chi connectivity index (χ0n) is 11.0. The molecule has 6 nitrogen and oxygen atoms in total. The van der Waals surface area contributed by atoms with Gasteiger partial charge in [0.1, 0.15) is 0 Å². The molecule has 0 atom stereocenters. The SMILES string of the molecule is Cc1c(Br)cccc1Nc1nc(Cl)nc(-n2cccn2)n1. The van der Waals surface area contributed by atoms with Crippen LogP contribution in [0.3, 0.4) is 0 Å². The summed E-state index contributed by atoms with van der Waals surface area (Å²) in [5.74, 6) is 0.719. The van der Waals surface area contributed by atoms with Crippen LogP contribution < -0.4 is 5.32 Å². The Bertz CT molecular complexity index is 774. The lowest BCUT2D eigenvalue weighted by atomic mass is 10.2. The van der Waals surface area contributed by atoms with Gasteiger partial charge in [0.15, 0.2) is 0 Å². The van der Waals surface area contributed by atoms with E-state index in [0.717, 1.165) is 15.7 Å². The molecule has 0 saturated carbocycles. The molecule has 8 heteroatoms. The van der Waals surface area contributed by atoms with Crippen LogP contribution in [-0.4, -0.2) is 24.7 Å². The molecule has 0 fully saturated rings. The van der Waals surface area contributed by atoms with Crippen molar-refractivity contribution in [1.82, 2.24) is 24.7 Å². The molecule has 0 bridgehead atoms. The highest BCUT2D eigenvalue weighted by molar-refractivity contribution is 9.10. The summed E-state index contributed by atoms with van der Waals surface area (Å²) in [6.07, 6.45) is 3.38. The number of anilines is 2. The predicted octanol–water partition coefficient (Wildman–Crippen LogP) is 3.53. The van der Waals surface area contributed by atoms with Crippen LogP contribution in [0.25, 0.3) is 5.95 Å². The molecular weight excluding hydrogens is 356 g/mol. The molecule has 0 aliphatic rings. The van der Waals surface area contributed by atoms with Crippen molar-refractivity contribution >= 4 is 39.2 Å². The Morgan fingerprint density at radius 1 is 1.19 bits per heavy atom. The quantitative estimate of drug-likeness (QED) is 0.769. The van der Waals surface area contributed by atoms with E-state index in [1.165, 1.54) is 4.68 Å². The standard InChI is InChI=1S/C13H10BrClN6/c1-8-9(14)4-2-5-10(8)17-12-18-11(15)19-13(20-12)21-7-3-6-16-21/h2-7H,1H3,(H,17,18,19,20). The average Bonchev–Trinajstić information content (AvgIpc) is 2.97. The lowest BCUT2D eigenvalue weighted by Crippen LogP contribution is -2.07. The molecule has 1 aromatic carbocycles. The van der Waals surface area contributed by atoms with Crippen LogP contribution in [-0.2, 0) is 0 Å². The van der Waals surface area contributed by atoms with Gasteiger partial charge in [-0.3, -0.25) is 0 Å². The van der Waals surface area contributed by atoms with E-state index in [4.69, 9.17) is 11.6 Å². The summed E-state index contributed by atoms with van der Waals surface area (Å²) in [6, 6.07) is 7.61. The molecule has 0 spiro atoms.